The van der Waals surface area contributed by atoms with Gasteiger partial charge in [0, 0.05) is 49.9 Å². The van der Waals surface area contributed by atoms with Crippen LogP contribution in [0.25, 0.3) is 0 Å². The Morgan fingerprint density at radius 3 is 2.34 bits per heavy atom. The van der Waals surface area contributed by atoms with Gasteiger partial charge in [0.05, 0.1) is 0 Å². The van der Waals surface area contributed by atoms with E-state index in [-0.39, 0.29) is 23.5 Å². The molecule has 6 heteroatoms. The summed E-state index contributed by atoms with van der Waals surface area (Å²) in [5, 5.41) is 2.90. The summed E-state index contributed by atoms with van der Waals surface area (Å²) in [5.41, 5.74) is 2.45. The van der Waals surface area contributed by atoms with Crippen molar-refractivity contribution in [2.45, 2.75) is 25.8 Å². The molecule has 2 aromatic carbocycles. The standard InChI is InChI=1S/C23H26FN3O2/c24-20-8-2-17(3-9-20)16-26-12-1-13-27(15-14-26)23(29)19-6-10-21(11-7-19)25-22(28)18-4-5-18/h2-3,6-11,18H,1,4-5,12-16H2,(H,25,28). The molecule has 1 saturated heterocycles. The SMILES string of the molecule is O=C(Nc1ccc(C(=O)N2CCCN(Cc3ccc(F)cc3)CC2)cc1)C1CC1. The zero-order valence-corrected chi connectivity index (χ0v) is 16.4. The minimum absolute atomic E-state index is 0.0219. The highest BCUT2D eigenvalue weighted by atomic mass is 19.1. The van der Waals surface area contributed by atoms with E-state index >= 15 is 0 Å². The lowest BCUT2D eigenvalue weighted by Gasteiger charge is -2.22. The van der Waals surface area contributed by atoms with Crippen LogP contribution >= 0.6 is 0 Å². The predicted molar refractivity (Wildman–Crippen MR) is 110 cm³/mol. The second-order valence-electron chi connectivity index (χ2n) is 7.89. The van der Waals surface area contributed by atoms with Gasteiger partial charge in [0.15, 0.2) is 0 Å². The van der Waals surface area contributed by atoms with Gasteiger partial charge in [-0.1, -0.05) is 12.1 Å². The monoisotopic (exact) mass is 395 g/mol. The van der Waals surface area contributed by atoms with Crippen molar-refractivity contribution in [1.82, 2.24) is 9.80 Å². The number of amides is 2. The van der Waals surface area contributed by atoms with Crippen LogP contribution in [0.4, 0.5) is 10.1 Å². The molecule has 0 unspecified atom stereocenters. The van der Waals surface area contributed by atoms with Crippen molar-refractivity contribution < 1.29 is 14.0 Å². The Kier molecular flexibility index (Phi) is 5.90. The number of anilines is 1. The van der Waals surface area contributed by atoms with Crippen LogP contribution in [0.2, 0.25) is 0 Å². The molecule has 0 radical (unpaired) electrons. The molecule has 5 nitrogen and oxygen atoms in total. The lowest BCUT2D eigenvalue weighted by molar-refractivity contribution is -0.117. The van der Waals surface area contributed by atoms with Crippen molar-refractivity contribution in [3.63, 3.8) is 0 Å². The van der Waals surface area contributed by atoms with E-state index in [0.29, 0.717) is 12.1 Å². The highest BCUT2D eigenvalue weighted by molar-refractivity contribution is 5.96. The molecule has 4 rings (SSSR count). The van der Waals surface area contributed by atoms with Crippen molar-refractivity contribution in [2.24, 2.45) is 5.92 Å². The lowest BCUT2D eigenvalue weighted by Crippen LogP contribution is -2.35. The Morgan fingerprint density at radius 1 is 0.931 bits per heavy atom. The number of nitrogens with zero attached hydrogens (tertiary/aromatic N) is 2. The molecule has 0 spiro atoms. The molecule has 0 atom stereocenters. The Bertz CT molecular complexity index is 863. The molecule has 0 aromatic heterocycles. The maximum absolute atomic E-state index is 13.1. The molecule has 2 aromatic rings. The summed E-state index contributed by atoms with van der Waals surface area (Å²) in [6.07, 6.45) is 2.84. The van der Waals surface area contributed by atoms with Crippen molar-refractivity contribution in [1.29, 1.82) is 0 Å². The first-order valence-corrected chi connectivity index (χ1v) is 10.3. The summed E-state index contributed by atoms with van der Waals surface area (Å²) >= 11 is 0. The third-order valence-electron chi connectivity index (χ3n) is 5.54. The van der Waals surface area contributed by atoms with Crippen LogP contribution in [0.1, 0.15) is 35.2 Å². The van der Waals surface area contributed by atoms with E-state index in [0.717, 1.165) is 56.7 Å². The van der Waals surface area contributed by atoms with E-state index in [9.17, 15) is 14.0 Å². The van der Waals surface area contributed by atoms with Gasteiger partial charge in [0.2, 0.25) is 5.91 Å². The van der Waals surface area contributed by atoms with Crippen LogP contribution in [-0.2, 0) is 11.3 Å². The van der Waals surface area contributed by atoms with E-state index in [4.69, 9.17) is 0 Å². The van der Waals surface area contributed by atoms with Gasteiger partial charge in [-0.05, 0) is 61.2 Å². The van der Waals surface area contributed by atoms with Crippen LogP contribution in [0.3, 0.4) is 0 Å². The number of carbonyl (C=O) groups excluding carboxylic acids is 2. The first kappa shape index (κ1) is 19.6. The fourth-order valence-corrected chi connectivity index (χ4v) is 3.65. The second-order valence-corrected chi connectivity index (χ2v) is 7.89. The molecule has 1 N–H and O–H groups in total. The molecule has 29 heavy (non-hydrogen) atoms. The number of halogens is 1. The summed E-state index contributed by atoms with van der Waals surface area (Å²) in [4.78, 5) is 28.9. The van der Waals surface area contributed by atoms with Gasteiger partial charge in [-0.15, -0.1) is 0 Å². The topological polar surface area (TPSA) is 52.7 Å². The van der Waals surface area contributed by atoms with E-state index in [1.807, 2.05) is 17.0 Å². The molecular weight excluding hydrogens is 369 g/mol. The Morgan fingerprint density at radius 2 is 1.66 bits per heavy atom. The highest BCUT2D eigenvalue weighted by Crippen LogP contribution is 2.30. The maximum Gasteiger partial charge on any atom is 0.253 e. The van der Waals surface area contributed by atoms with E-state index in [1.54, 1.807) is 24.3 Å². The Labute approximate surface area is 170 Å². The smallest absolute Gasteiger partial charge is 0.253 e. The van der Waals surface area contributed by atoms with Gasteiger partial charge < -0.3 is 10.2 Å². The van der Waals surface area contributed by atoms with Crippen LogP contribution in [0.5, 0.6) is 0 Å². The van der Waals surface area contributed by atoms with Crippen molar-refractivity contribution >= 4 is 17.5 Å². The highest BCUT2D eigenvalue weighted by Gasteiger charge is 2.29. The second kappa shape index (κ2) is 8.74. The summed E-state index contributed by atoms with van der Waals surface area (Å²) in [7, 11) is 0. The van der Waals surface area contributed by atoms with E-state index in [1.165, 1.54) is 12.1 Å². The first-order valence-electron chi connectivity index (χ1n) is 10.3. The number of hydrogen-bond acceptors (Lipinski definition) is 3. The first-order chi connectivity index (χ1) is 14.1. The third kappa shape index (κ3) is 5.21. The fourth-order valence-electron chi connectivity index (χ4n) is 3.65. The summed E-state index contributed by atoms with van der Waals surface area (Å²) < 4.78 is 13.1. The van der Waals surface area contributed by atoms with Gasteiger partial charge in [0.1, 0.15) is 5.82 Å². The average molecular weight is 395 g/mol. The molecule has 1 heterocycles. The quantitative estimate of drug-likeness (QED) is 0.843. The van der Waals surface area contributed by atoms with E-state index < -0.39 is 0 Å². The minimum atomic E-state index is -0.223. The minimum Gasteiger partial charge on any atom is -0.337 e. The fraction of sp³-hybridized carbons (Fsp3) is 0.391. The van der Waals surface area contributed by atoms with Crippen molar-refractivity contribution in [3.05, 3.63) is 65.5 Å². The molecule has 2 amide bonds. The number of hydrogen-bond donors (Lipinski definition) is 1. The molecule has 1 aliphatic carbocycles. The summed E-state index contributed by atoms with van der Waals surface area (Å²) in [5.74, 6) is 0.0253. The van der Waals surface area contributed by atoms with Crippen molar-refractivity contribution in [3.8, 4) is 0 Å². The van der Waals surface area contributed by atoms with Crippen LogP contribution in [-0.4, -0.2) is 47.8 Å². The molecule has 0 bridgehead atoms. The molecule has 152 valence electrons. The predicted octanol–water partition coefficient (Wildman–Crippen LogP) is 3.52. The third-order valence-corrected chi connectivity index (χ3v) is 5.54. The maximum atomic E-state index is 13.1. The number of carbonyl (C=O) groups is 2. The normalized spacial score (nSPS) is 17.6. The van der Waals surface area contributed by atoms with Crippen LogP contribution in [0, 0.1) is 11.7 Å². The Hall–Kier alpha value is -2.73. The zero-order chi connectivity index (χ0) is 20.2. The zero-order valence-electron chi connectivity index (χ0n) is 16.4. The number of rotatable bonds is 5. The number of nitrogens with one attached hydrogen (secondary N) is 1. The van der Waals surface area contributed by atoms with Crippen LogP contribution in [0.15, 0.2) is 48.5 Å². The lowest BCUT2D eigenvalue weighted by atomic mass is 10.1. The van der Waals surface area contributed by atoms with Gasteiger partial charge in [0.25, 0.3) is 5.91 Å². The molecule has 2 fully saturated rings. The summed E-state index contributed by atoms with van der Waals surface area (Å²) in [6, 6.07) is 13.8. The van der Waals surface area contributed by atoms with Gasteiger partial charge >= 0.3 is 0 Å². The van der Waals surface area contributed by atoms with Crippen LogP contribution < -0.4 is 5.32 Å². The van der Waals surface area contributed by atoms with E-state index in [2.05, 4.69) is 10.2 Å². The van der Waals surface area contributed by atoms with Crippen molar-refractivity contribution in [2.75, 3.05) is 31.5 Å². The molecule has 2 aliphatic rings. The summed E-state index contributed by atoms with van der Waals surface area (Å²) in [6.45, 7) is 3.85. The largest absolute Gasteiger partial charge is 0.337 e. The Balaban J connectivity index is 1.31. The average Bonchev–Trinajstić information content (AvgIpc) is 3.58. The van der Waals surface area contributed by atoms with Gasteiger partial charge in [-0.3, -0.25) is 14.5 Å². The molecule has 1 aliphatic heterocycles. The van der Waals surface area contributed by atoms with Gasteiger partial charge in [-0.25, -0.2) is 4.39 Å². The molecule has 1 saturated carbocycles. The molecular formula is C23H26FN3O2. The van der Waals surface area contributed by atoms with Gasteiger partial charge in [-0.2, -0.15) is 0 Å². The number of benzene rings is 2.